The average Bonchev–Trinajstić information content (AvgIpc) is 2.62. The maximum absolute atomic E-state index is 3.82. The summed E-state index contributed by atoms with van der Waals surface area (Å²) in [4.78, 5) is 0. The van der Waals surface area contributed by atoms with E-state index >= 15 is 0 Å². The quantitative estimate of drug-likeness (QED) is 0.699. The molecule has 1 aliphatic heterocycles. The van der Waals surface area contributed by atoms with Crippen LogP contribution in [-0.2, 0) is 6.54 Å². The number of hydrogen-bond acceptors (Lipinski definition) is 4. The molecule has 1 aromatic carbocycles. The number of nitrogens with one attached hydrogen (secondary N) is 2. The number of hydrogen-bond donors (Lipinski definition) is 2. The van der Waals surface area contributed by atoms with Gasteiger partial charge in [-0.05, 0) is 12.5 Å². The summed E-state index contributed by atoms with van der Waals surface area (Å²) in [5.41, 5.74) is 8.07. The minimum Gasteiger partial charge on any atom is -0.273 e. The van der Waals surface area contributed by atoms with Crippen molar-refractivity contribution in [2.45, 2.75) is 13.5 Å². The van der Waals surface area contributed by atoms with Crippen LogP contribution in [0.1, 0.15) is 11.1 Å². The first-order chi connectivity index (χ1) is 6.34. The normalized spacial score (nSPS) is 14.7. The molecular formula is C9H12N4. The smallest absolute Gasteiger partial charge is 0.128 e. The standard InChI is InChI=1S/C9H12N4/c1-8-2-4-9(5-3-8)6-13-7-10-11-12-13/h2-5,7,11-12H,6H2,1H3. The average molecular weight is 176 g/mol. The molecule has 0 amide bonds. The first-order valence-electron chi connectivity index (χ1n) is 4.20. The van der Waals surface area contributed by atoms with Crippen molar-refractivity contribution in [2.75, 3.05) is 0 Å². The Morgan fingerprint density at radius 3 is 2.69 bits per heavy atom. The zero-order valence-corrected chi connectivity index (χ0v) is 7.49. The van der Waals surface area contributed by atoms with E-state index in [-0.39, 0.29) is 0 Å². The molecule has 2 rings (SSSR count). The molecule has 0 spiro atoms. The van der Waals surface area contributed by atoms with Crippen molar-refractivity contribution in [1.29, 1.82) is 0 Å². The van der Waals surface area contributed by atoms with Gasteiger partial charge in [0.2, 0.25) is 0 Å². The van der Waals surface area contributed by atoms with Crippen molar-refractivity contribution in [2.24, 2.45) is 5.10 Å². The molecule has 0 fully saturated rings. The number of hydrazine groups is 2. The van der Waals surface area contributed by atoms with Crippen molar-refractivity contribution in [1.82, 2.24) is 16.1 Å². The zero-order valence-electron chi connectivity index (χ0n) is 7.49. The summed E-state index contributed by atoms with van der Waals surface area (Å²) < 4.78 is 0. The van der Waals surface area contributed by atoms with E-state index in [0.29, 0.717) is 0 Å². The lowest BCUT2D eigenvalue weighted by atomic mass is 10.1. The van der Waals surface area contributed by atoms with E-state index in [9.17, 15) is 0 Å². The zero-order chi connectivity index (χ0) is 9.10. The van der Waals surface area contributed by atoms with Crippen molar-refractivity contribution in [3.8, 4) is 0 Å². The molecular weight excluding hydrogens is 164 g/mol. The van der Waals surface area contributed by atoms with Crippen LogP contribution in [0, 0.1) is 6.92 Å². The van der Waals surface area contributed by atoms with Crippen LogP contribution in [0.15, 0.2) is 29.4 Å². The van der Waals surface area contributed by atoms with Crippen LogP contribution in [0.2, 0.25) is 0 Å². The van der Waals surface area contributed by atoms with Crippen LogP contribution in [0.25, 0.3) is 0 Å². The van der Waals surface area contributed by atoms with Gasteiger partial charge < -0.3 is 0 Å². The second-order valence-corrected chi connectivity index (χ2v) is 3.08. The topological polar surface area (TPSA) is 39.7 Å². The SMILES string of the molecule is Cc1ccc(CN2C=NNN2)cc1. The summed E-state index contributed by atoms with van der Waals surface area (Å²) in [7, 11) is 0. The minimum atomic E-state index is 0.816. The van der Waals surface area contributed by atoms with E-state index in [1.165, 1.54) is 11.1 Å². The molecule has 1 aromatic rings. The Labute approximate surface area is 77.2 Å². The fourth-order valence-corrected chi connectivity index (χ4v) is 1.19. The highest BCUT2D eigenvalue weighted by Gasteiger charge is 2.03. The lowest BCUT2D eigenvalue weighted by molar-refractivity contribution is 0.293. The van der Waals surface area contributed by atoms with Gasteiger partial charge >= 0.3 is 0 Å². The Kier molecular flexibility index (Phi) is 2.14. The van der Waals surface area contributed by atoms with Crippen LogP contribution in [0.3, 0.4) is 0 Å². The van der Waals surface area contributed by atoms with E-state index in [0.717, 1.165) is 6.54 Å². The molecule has 0 aromatic heterocycles. The Bertz CT molecular complexity index is 304. The molecule has 4 heteroatoms. The van der Waals surface area contributed by atoms with Gasteiger partial charge in [0.25, 0.3) is 0 Å². The molecule has 0 unspecified atom stereocenters. The lowest BCUT2D eigenvalue weighted by Crippen LogP contribution is -2.36. The molecule has 1 heterocycles. The van der Waals surface area contributed by atoms with Crippen LogP contribution in [0.5, 0.6) is 0 Å². The second kappa shape index (κ2) is 3.45. The molecule has 0 aliphatic carbocycles. The highest BCUT2D eigenvalue weighted by molar-refractivity contribution is 5.55. The largest absolute Gasteiger partial charge is 0.273 e. The predicted molar refractivity (Wildman–Crippen MR) is 51.5 cm³/mol. The number of aryl methyl sites for hydroxylation is 1. The Balaban J connectivity index is 2.01. The first kappa shape index (κ1) is 8.07. The number of nitrogens with zero attached hydrogens (tertiary/aromatic N) is 2. The molecule has 68 valence electrons. The Morgan fingerprint density at radius 2 is 2.08 bits per heavy atom. The van der Waals surface area contributed by atoms with Crippen LogP contribution in [0.4, 0.5) is 0 Å². The molecule has 0 saturated heterocycles. The summed E-state index contributed by atoms with van der Waals surface area (Å²) in [6, 6.07) is 8.44. The van der Waals surface area contributed by atoms with Crippen LogP contribution >= 0.6 is 0 Å². The number of benzene rings is 1. The third kappa shape index (κ3) is 1.97. The van der Waals surface area contributed by atoms with Gasteiger partial charge in [-0.25, -0.2) is 5.53 Å². The molecule has 13 heavy (non-hydrogen) atoms. The Hall–Kier alpha value is -1.55. The lowest BCUT2D eigenvalue weighted by Gasteiger charge is -2.13. The van der Waals surface area contributed by atoms with Gasteiger partial charge in [-0.2, -0.15) is 5.10 Å². The summed E-state index contributed by atoms with van der Waals surface area (Å²) >= 11 is 0. The summed E-state index contributed by atoms with van der Waals surface area (Å²) in [5.74, 6) is 0. The molecule has 4 nitrogen and oxygen atoms in total. The first-order valence-corrected chi connectivity index (χ1v) is 4.20. The molecule has 0 saturated carbocycles. The highest BCUT2D eigenvalue weighted by atomic mass is 15.8. The molecule has 1 aliphatic rings. The summed E-state index contributed by atoms with van der Waals surface area (Å²) in [6.45, 7) is 2.90. The number of rotatable bonds is 2. The number of hydrazone groups is 1. The van der Waals surface area contributed by atoms with Crippen molar-refractivity contribution in [3.63, 3.8) is 0 Å². The van der Waals surface area contributed by atoms with Crippen molar-refractivity contribution >= 4 is 6.34 Å². The third-order valence-electron chi connectivity index (χ3n) is 1.93. The molecule has 0 atom stereocenters. The Morgan fingerprint density at radius 1 is 1.31 bits per heavy atom. The van der Waals surface area contributed by atoms with Crippen LogP contribution < -0.4 is 11.1 Å². The van der Waals surface area contributed by atoms with Gasteiger partial charge in [-0.3, -0.25) is 5.01 Å². The van der Waals surface area contributed by atoms with E-state index in [1.54, 1.807) is 6.34 Å². The van der Waals surface area contributed by atoms with Crippen molar-refractivity contribution < 1.29 is 0 Å². The van der Waals surface area contributed by atoms with Crippen LogP contribution in [-0.4, -0.2) is 11.3 Å². The predicted octanol–water partition coefficient (Wildman–Crippen LogP) is 0.763. The van der Waals surface area contributed by atoms with Gasteiger partial charge in [0, 0.05) is 0 Å². The van der Waals surface area contributed by atoms with Gasteiger partial charge in [0.05, 0.1) is 6.54 Å². The van der Waals surface area contributed by atoms with Gasteiger partial charge in [-0.1, -0.05) is 29.8 Å². The van der Waals surface area contributed by atoms with Crippen molar-refractivity contribution in [3.05, 3.63) is 35.4 Å². The summed E-state index contributed by atoms with van der Waals surface area (Å²) in [5, 5.41) is 5.70. The van der Waals surface area contributed by atoms with E-state index < -0.39 is 0 Å². The summed E-state index contributed by atoms with van der Waals surface area (Å²) in [6.07, 6.45) is 1.72. The monoisotopic (exact) mass is 176 g/mol. The van der Waals surface area contributed by atoms with Gasteiger partial charge in [-0.15, -0.1) is 5.53 Å². The van der Waals surface area contributed by atoms with Gasteiger partial charge in [0.15, 0.2) is 0 Å². The minimum absolute atomic E-state index is 0.816. The maximum Gasteiger partial charge on any atom is 0.128 e. The highest BCUT2D eigenvalue weighted by Crippen LogP contribution is 2.05. The molecule has 2 N–H and O–H groups in total. The fraction of sp³-hybridized carbons (Fsp3) is 0.222. The van der Waals surface area contributed by atoms with Gasteiger partial charge in [0.1, 0.15) is 6.34 Å². The second-order valence-electron chi connectivity index (χ2n) is 3.08. The third-order valence-corrected chi connectivity index (χ3v) is 1.93. The molecule has 0 radical (unpaired) electrons. The maximum atomic E-state index is 3.82. The molecule has 0 bridgehead atoms. The van der Waals surface area contributed by atoms with E-state index in [2.05, 4.69) is 47.4 Å². The van der Waals surface area contributed by atoms with E-state index in [4.69, 9.17) is 0 Å². The van der Waals surface area contributed by atoms with E-state index in [1.807, 2.05) is 5.01 Å². The fourth-order valence-electron chi connectivity index (χ4n) is 1.19.